The SMILES string of the molecule is CCc1ccc(CNc2cc([N+](=O)[O-])ccc2C)o1. The molecule has 100 valence electrons. The summed E-state index contributed by atoms with van der Waals surface area (Å²) in [4.78, 5) is 10.3. The minimum atomic E-state index is -0.396. The maximum atomic E-state index is 10.7. The first-order valence-corrected chi connectivity index (χ1v) is 6.16. The normalized spacial score (nSPS) is 10.4. The Balaban J connectivity index is 2.10. The predicted molar refractivity (Wildman–Crippen MR) is 73.2 cm³/mol. The van der Waals surface area contributed by atoms with Crippen molar-refractivity contribution in [3.63, 3.8) is 0 Å². The first-order chi connectivity index (χ1) is 9.10. The number of hydrogen-bond acceptors (Lipinski definition) is 4. The van der Waals surface area contributed by atoms with Crippen molar-refractivity contribution in [2.24, 2.45) is 0 Å². The number of nitrogens with one attached hydrogen (secondary N) is 1. The van der Waals surface area contributed by atoms with Gasteiger partial charge in [0.2, 0.25) is 0 Å². The van der Waals surface area contributed by atoms with Gasteiger partial charge in [-0.3, -0.25) is 10.1 Å². The summed E-state index contributed by atoms with van der Waals surface area (Å²) in [5.41, 5.74) is 1.80. The predicted octanol–water partition coefficient (Wildman–Crippen LogP) is 3.67. The van der Waals surface area contributed by atoms with Gasteiger partial charge >= 0.3 is 0 Å². The molecule has 0 bridgehead atoms. The van der Waals surface area contributed by atoms with Gasteiger partial charge in [0.25, 0.3) is 5.69 Å². The molecule has 0 radical (unpaired) electrons. The first kappa shape index (κ1) is 13.1. The number of nitrogens with zero attached hydrogens (tertiary/aromatic N) is 1. The standard InChI is InChI=1S/C14H16N2O3/c1-3-12-6-7-13(19-12)9-15-14-8-11(16(17)18)5-4-10(14)2/h4-8,15H,3,9H2,1-2H3. The summed E-state index contributed by atoms with van der Waals surface area (Å²) in [5, 5.41) is 13.9. The number of benzene rings is 1. The van der Waals surface area contributed by atoms with E-state index < -0.39 is 4.92 Å². The Morgan fingerprint density at radius 1 is 1.26 bits per heavy atom. The fourth-order valence-electron chi connectivity index (χ4n) is 1.80. The van der Waals surface area contributed by atoms with Crippen molar-refractivity contribution in [3.05, 3.63) is 57.5 Å². The molecule has 0 unspecified atom stereocenters. The first-order valence-electron chi connectivity index (χ1n) is 6.16. The molecule has 0 aliphatic carbocycles. The van der Waals surface area contributed by atoms with Crippen LogP contribution in [0.25, 0.3) is 0 Å². The van der Waals surface area contributed by atoms with E-state index in [1.165, 1.54) is 6.07 Å². The zero-order chi connectivity index (χ0) is 13.8. The van der Waals surface area contributed by atoms with Gasteiger partial charge in [0, 0.05) is 24.2 Å². The molecule has 0 atom stereocenters. The fourth-order valence-corrected chi connectivity index (χ4v) is 1.80. The van der Waals surface area contributed by atoms with E-state index in [1.54, 1.807) is 12.1 Å². The van der Waals surface area contributed by atoms with Crippen molar-refractivity contribution in [1.29, 1.82) is 0 Å². The highest BCUT2D eigenvalue weighted by atomic mass is 16.6. The van der Waals surface area contributed by atoms with Crippen molar-refractivity contribution in [1.82, 2.24) is 0 Å². The van der Waals surface area contributed by atoms with Crippen LogP contribution < -0.4 is 5.32 Å². The van der Waals surface area contributed by atoms with Gasteiger partial charge in [-0.1, -0.05) is 13.0 Å². The Morgan fingerprint density at radius 2 is 2.00 bits per heavy atom. The van der Waals surface area contributed by atoms with Crippen LogP contribution in [0.15, 0.2) is 34.7 Å². The van der Waals surface area contributed by atoms with Crippen molar-refractivity contribution >= 4 is 11.4 Å². The lowest BCUT2D eigenvalue weighted by atomic mass is 10.2. The third kappa shape index (κ3) is 3.13. The van der Waals surface area contributed by atoms with Crippen LogP contribution in [0, 0.1) is 17.0 Å². The number of hydrogen-bond donors (Lipinski definition) is 1. The number of aryl methyl sites for hydroxylation is 2. The summed E-state index contributed by atoms with van der Waals surface area (Å²) in [6.07, 6.45) is 0.857. The van der Waals surface area contributed by atoms with E-state index in [2.05, 4.69) is 5.32 Å². The molecule has 5 heteroatoms. The monoisotopic (exact) mass is 260 g/mol. The van der Waals surface area contributed by atoms with Crippen LogP contribution in [0.4, 0.5) is 11.4 Å². The highest BCUT2D eigenvalue weighted by Crippen LogP contribution is 2.22. The van der Waals surface area contributed by atoms with Gasteiger partial charge in [-0.15, -0.1) is 0 Å². The molecule has 0 fully saturated rings. The molecule has 1 aromatic heterocycles. The summed E-state index contributed by atoms with van der Waals surface area (Å²) < 4.78 is 5.58. The van der Waals surface area contributed by atoms with Gasteiger partial charge in [0.15, 0.2) is 0 Å². The summed E-state index contributed by atoms with van der Waals surface area (Å²) in [7, 11) is 0. The molecule has 0 aliphatic heterocycles. The number of nitro groups is 1. The van der Waals surface area contributed by atoms with E-state index in [1.807, 2.05) is 26.0 Å². The molecular weight excluding hydrogens is 244 g/mol. The van der Waals surface area contributed by atoms with Crippen LogP contribution in [0.5, 0.6) is 0 Å². The molecule has 5 nitrogen and oxygen atoms in total. The highest BCUT2D eigenvalue weighted by molar-refractivity contribution is 5.56. The Labute approximate surface area is 111 Å². The number of non-ortho nitro benzene ring substituents is 1. The second-order valence-electron chi connectivity index (χ2n) is 4.33. The van der Waals surface area contributed by atoms with Crippen LogP contribution in [-0.2, 0) is 13.0 Å². The van der Waals surface area contributed by atoms with Gasteiger partial charge in [0.1, 0.15) is 11.5 Å². The summed E-state index contributed by atoms with van der Waals surface area (Å²) in [5.74, 6) is 1.76. The summed E-state index contributed by atoms with van der Waals surface area (Å²) >= 11 is 0. The quantitative estimate of drug-likeness (QED) is 0.657. The van der Waals surface area contributed by atoms with Gasteiger partial charge in [-0.25, -0.2) is 0 Å². The van der Waals surface area contributed by atoms with Crippen LogP contribution in [-0.4, -0.2) is 4.92 Å². The second kappa shape index (κ2) is 5.56. The maximum Gasteiger partial charge on any atom is 0.271 e. The van der Waals surface area contributed by atoms with Crippen LogP contribution in [0.1, 0.15) is 24.0 Å². The Bertz CT molecular complexity index is 590. The van der Waals surface area contributed by atoms with Crippen molar-refractivity contribution in [2.45, 2.75) is 26.8 Å². The molecule has 2 aromatic rings. The average molecular weight is 260 g/mol. The number of nitro benzene ring substituents is 1. The Hall–Kier alpha value is -2.30. The van der Waals surface area contributed by atoms with Crippen LogP contribution in [0.2, 0.25) is 0 Å². The average Bonchev–Trinajstić information content (AvgIpc) is 2.85. The molecule has 19 heavy (non-hydrogen) atoms. The lowest BCUT2D eigenvalue weighted by Crippen LogP contribution is -2.01. The van der Waals surface area contributed by atoms with Gasteiger partial charge < -0.3 is 9.73 Å². The van der Waals surface area contributed by atoms with Crippen LogP contribution >= 0.6 is 0 Å². The molecule has 0 aliphatic rings. The zero-order valence-electron chi connectivity index (χ0n) is 11.0. The lowest BCUT2D eigenvalue weighted by Gasteiger charge is -2.07. The smallest absolute Gasteiger partial charge is 0.271 e. The van der Waals surface area contributed by atoms with Crippen LogP contribution in [0.3, 0.4) is 0 Å². The Morgan fingerprint density at radius 3 is 2.63 bits per heavy atom. The van der Waals surface area contributed by atoms with E-state index in [9.17, 15) is 10.1 Å². The van der Waals surface area contributed by atoms with Gasteiger partial charge in [-0.2, -0.15) is 0 Å². The largest absolute Gasteiger partial charge is 0.464 e. The molecule has 2 rings (SSSR count). The van der Waals surface area contributed by atoms with Gasteiger partial charge in [0.05, 0.1) is 11.5 Å². The number of anilines is 1. The lowest BCUT2D eigenvalue weighted by molar-refractivity contribution is -0.384. The number of rotatable bonds is 5. The molecular formula is C14H16N2O3. The molecule has 0 saturated carbocycles. The van der Waals surface area contributed by atoms with E-state index in [0.717, 1.165) is 29.2 Å². The summed E-state index contributed by atoms with van der Waals surface area (Å²) in [6, 6.07) is 8.64. The third-order valence-electron chi connectivity index (χ3n) is 2.95. The Kier molecular flexibility index (Phi) is 3.85. The minimum absolute atomic E-state index is 0.0850. The molecule has 1 aromatic carbocycles. The van der Waals surface area contributed by atoms with Crippen molar-refractivity contribution < 1.29 is 9.34 Å². The molecule has 1 N–H and O–H groups in total. The van der Waals surface area contributed by atoms with E-state index in [-0.39, 0.29) is 5.69 Å². The van der Waals surface area contributed by atoms with Crippen molar-refractivity contribution in [3.8, 4) is 0 Å². The third-order valence-corrected chi connectivity index (χ3v) is 2.95. The molecule has 0 spiro atoms. The second-order valence-corrected chi connectivity index (χ2v) is 4.33. The highest BCUT2D eigenvalue weighted by Gasteiger charge is 2.09. The molecule has 0 amide bonds. The maximum absolute atomic E-state index is 10.7. The number of furan rings is 1. The van der Waals surface area contributed by atoms with E-state index in [4.69, 9.17) is 4.42 Å². The van der Waals surface area contributed by atoms with E-state index >= 15 is 0 Å². The summed E-state index contributed by atoms with van der Waals surface area (Å²) in [6.45, 7) is 4.45. The fraction of sp³-hybridized carbons (Fsp3) is 0.286. The van der Waals surface area contributed by atoms with Gasteiger partial charge in [-0.05, 0) is 24.6 Å². The van der Waals surface area contributed by atoms with E-state index in [0.29, 0.717) is 6.54 Å². The molecule has 1 heterocycles. The van der Waals surface area contributed by atoms with Crippen molar-refractivity contribution in [2.75, 3.05) is 5.32 Å². The topological polar surface area (TPSA) is 68.3 Å². The zero-order valence-corrected chi connectivity index (χ0v) is 11.0. The molecule has 0 saturated heterocycles. The minimum Gasteiger partial charge on any atom is -0.464 e.